The molecule has 1 aromatic heterocycles. The molecule has 0 amide bonds. The summed E-state index contributed by atoms with van der Waals surface area (Å²) >= 11 is 0. The lowest BCUT2D eigenvalue weighted by molar-refractivity contribution is 0.409. The Hall–Kier alpha value is -2.68. The van der Waals surface area contributed by atoms with Gasteiger partial charge in [0, 0.05) is 12.1 Å². The number of rotatable bonds is 2. The minimum absolute atomic E-state index is 0.0249. The summed E-state index contributed by atoms with van der Waals surface area (Å²) in [5, 5.41) is 9.01. The standard InChI is InChI=1S/C13H9F2N3O/c1-19-10-5-8(14)4-9(15)12(10)13-7(6-16)2-3-11(17)18-13/h2-5H,1H3,(H2,17,18). The van der Waals surface area contributed by atoms with Crippen LogP contribution in [-0.2, 0) is 0 Å². The second-order valence-corrected chi connectivity index (χ2v) is 3.71. The molecule has 1 aromatic carbocycles. The third-order valence-electron chi connectivity index (χ3n) is 2.51. The van der Waals surface area contributed by atoms with Gasteiger partial charge in [-0.25, -0.2) is 13.8 Å². The molecule has 6 heteroatoms. The molecule has 1 heterocycles. The lowest BCUT2D eigenvalue weighted by Gasteiger charge is -2.11. The summed E-state index contributed by atoms with van der Waals surface area (Å²) in [7, 11) is 1.27. The van der Waals surface area contributed by atoms with Gasteiger partial charge in [0.15, 0.2) is 0 Å². The first-order valence-corrected chi connectivity index (χ1v) is 5.27. The first-order chi connectivity index (χ1) is 9.06. The van der Waals surface area contributed by atoms with Gasteiger partial charge in [0.25, 0.3) is 0 Å². The zero-order valence-corrected chi connectivity index (χ0v) is 9.95. The topological polar surface area (TPSA) is 71.9 Å². The molecule has 0 radical (unpaired) electrons. The molecule has 0 aliphatic carbocycles. The normalized spacial score (nSPS) is 10.0. The lowest BCUT2D eigenvalue weighted by atomic mass is 10.0. The van der Waals surface area contributed by atoms with E-state index in [0.29, 0.717) is 6.07 Å². The molecule has 0 bridgehead atoms. The highest BCUT2D eigenvalue weighted by molar-refractivity contribution is 5.74. The van der Waals surface area contributed by atoms with Crippen LogP contribution in [0.2, 0.25) is 0 Å². The predicted molar refractivity (Wildman–Crippen MR) is 65.3 cm³/mol. The monoisotopic (exact) mass is 261 g/mol. The Morgan fingerprint density at radius 3 is 2.68 bits per heavy atom. The van der Waals surface area contributed by atoms with E-state index in [-0.39, 0.29) is 28.4 Å². The Morgan fingerprint density at radius 2 is 2.05 bits per heavy atom. The molecule has 0 fully saturated rings. The fraction of sp³-hybridized carbons (Fsp3) is 0.0769. The second kappa shape index (κ2) is 4.90. The number of halogens is 2. The van der Waals surface area contributed by atoms with Crippen LogP contribution in [0.1, 0.15) is 5.56 Å². The number of nitrogens with zero attached hydrogens (tertiary/aromatic N) is 2. The number of hydrogen-bond acceptors (Lipinski definition) is 4. The van der Waals surface area contributed by atoms with E-state index < -0.39 is 11.6 Å². The smallest absolute Gasteiger partial charge is 0.139 e. The highest BCUT2D eigenvalue weighted by Gasteiger charge is 2.19. The number of nitrogen functional groups attached to an aromatic ring is 1. The molecule has 4 nitrogen and oxygen atoms in total. The van der Waals surface area contributed by atoms with Crippen molar-refractivity contribution in [3.05, 3.63) is 41.5 Å². The van der Waals surface area contributed by atoms with Crippen LogP contribution in [0, 0.1) is 23.0 Å². The Labute approximate surface area is 108 Å². The number of benzene rings is 1. The first-order valence-electron chi connectivity index (χ1n) is 5.27. The fourth-order valence-electron chi connectivity index (χ4n) is 1.70. The number of aromatic nitrogens is 1. The van der Waals surface area contributed by atoms with Crippen molar-refractivity contribution in [2.24, 2.45) is 0 Å². The van der Waals surface area contributed by atoms with E-state index in [2.05, 4.69) is 4.98 Å². The molecule has 0 atom stereocenters. The van der Waals surface area contributed by atoms with Crippen molar-refractivity contribution in [1.29, 1.82) is 5.26 Å². The van der Waals surface area contributed by atoms with Gasteiger partial charge in [0.05, 0.1) is 23.9 Å². The Balaban J connectivity index is 2.79. The van der Waals surface area contributed by atoms with E-state index in [9.17, 15) is 8.78 Å². The van der Waals surface area contributed by atoms with Crippen molar-refractivity contribution < 1.29 is 13.5 Å². The van der Waals surface area contributed by atoms with E-state index in [4.69, 9.17) is 15.7 Å². The van der Waals surface area contributed by atoms with Gasteiger partial charge in [-0.1, -0.05) is 0 Å². The number of hydrogen-bond donors (Lipinski definition) is 1. The number of nitriles is 1. The van der Waals surface area contributed by atoms with Crippen molar-refractivity contribution in [3.8, 4) is 23.1 Å². The van der Waals surface area contributed by atoms with Crippen LogP contribution in [-0.4, -0.2) is 12.1 Å². The quantitative estimate of drug-likeness (QED) is 0.901. The van der Waals surface area contributed by atoms with Crippen molar-refractivity contribution >= 4 is 5.82 Å². The highest BCUT2D eigenvalue weighted by atomic mass is 19.1. The number of pyridine rings is 1. The molecule has 2 rings (SSSR count). The molecule has 2 aromatic rings. The second-order valence-electron chi connectivity index (χ2n) is 3.71. The number of ether oxygens (including phenoxy) is 1. The highest BCUT2D eigenvalue weighted by Crippen LogP contribution is 2.34. The van der Waals surface area contributed by atoms with Crippen LogP contribution in [0.3, 0.4) is 0 Å². The third kappa shape index (κ3) is 2.31. The van der Waals surface area contributed by atoms with Gasteiger partial charge >= 0.3 is 0 Å². The molecule has 0 spiro atoms. The van der Waals surface area contributed by atoms with Gasteiger partial charge in [-0.05, 0) is 12.1 Å². The zero-order chi connectivity index (χ0) is 14.0. The molecule has 96 valence electrons. The van der Waals surface area contributed by atoms with E-state index >= 15 is 0 Å². The Bertz CT molecular complexity index is 680. The molecule has 0 unspecified atom stereocenters. The predicted octanol–water partition coefficient (Wildman–Crippen LogP) is 2.49. The summed E-state index contributed by atoms with van der Waals surface area (Å²) in [5.74, 6) is -1.57. The Kier molecular flexibility index (Phi) is 3.29. The largest absolute Gasteiger partial charge is 0.496 e. The average molecular weight is 261 g/mol. The summed E-state index contributed by atoms with van der Waals surface area (Å²) in [5.41, 5.74) is 5.59. The van der Waals surface area contributed by atoms with Gasteiger partial charge in [0.2, 0.25) is 0 Å². The van der Waals surface area contributed by atoms with Crippen LogP contribution >= 0.6 is 0 Å². The van der Waals surface area contributed by atoms with E-state index in [0.717, 1.165) is 6.07 Å². The van der Waals surface area contributed by atoms with Crippen LogP contribution in [0.25, 0.3) is 11.3 Å². The van der Waals surface area contributed by atoms with Crippen LogP contribution in [0.5, 0.6) is 5.75 Å². The molecular formula is C13H9F2N3O. The van der Waals surface area contributed by atoms with E-state index in [1.54, 1.807) is 0 Å². The van der Waals surface area contributed by atoms with Crippen molar-refractivity contribution in [3.63, 3.8) is 0 Å². The van der Waals surface area contributed by atoms with Gasteiger partial charge in [-0.3, -0.25) is 0 Å². The van der Waals surface area contributed by atoms with Crippen molar-refractivity contribution in [2.75, 3.05) is 12.8 Å². The van der Waals surface area contributed by atoms with Gasteiger partial charge in [-0.2, -0.15) is 5.26 Å². The molecule has 0 aliphatic heterocycles. The molecule has 19 heavy (non-hydrogen) atoms. The van der Waals surface area contributed by atoms with Crippen molar-refractivity contribution in [2.45, 2.75) is 0 Å². The third-order valence-corrected chi connectivity index (χ3v) is 2.51. The number of nitrogens with two attached hydrogens (primary N) is 1. The zero-order valence-electron chi connectivity index (χ0n) is 9.95. The van der Waals surface area contributed by atoms with Crippen LogP contribution in [0.4, 0.5) is 14.6 Å². The average Bonchev–Trinajstić information content (AvgIpc) is 2.37. The maximum atomic E-state index is 13.9. The number of anilines is 1. The minimum atomic E-state index is -0.869. The summed E-state index contributed by atoms with van der Waals surface area (Å²) in [6, 6.07) is 6.44. The molecule has 2 N–H and O–H groups in total. The van der Waals surface area contributed by atoms with E-state index in [1.165, 1.54) is 19.2 Å². The van der Waals surface area contributed by atoms with Gasteiger partial charge in [0.1, 0.15) is 29.3 Å². The van der Waals surface area contributed by atoms with E-state index in [1.807, 2.05) is 6.07 Å². The van der Waals surface area contributed by atoms with Crippen molar-refractivity contribution in [1.82, 2.24) is 4.98 Å². The van der Waals surface area contributed by atoms with Crippen LogP contribution in [0.15, 0.2) is 24.3 Å². The molecule has 0 aliphatic rings. The minimum Gasteiger partial charge on any atom is -0.496 e. The first kappa shape index (κ1) is 12.8. The lowest BCUT2D eigenvalue weighted by Crippen LogP contribution is -2.00. The van der Waals surface area contributed by atoms with Gasteiger partial charge in [-0.15, -0.1) is 0 Å². The summed E-state index contributed by atoms with van der Waals surface area (Å²) in [4.78, 5) is 3.93. The molecule has 0 saturated heterocycles. The maximum Gasteiger partial charge on any atom is 0.139 e. The fourth-order valence-corrected chi connectivity index (χ4v) is 1.70. The molecular weight excluding hydrogens is 252 g/mol. The maximum absolute atomic E-state index is 13.9. The molecule has 0 saturated carbocycles. The summed E-state index contributed by atoms with van der Waals surface area (Å²) in [6.45, 7) is 0. The van der Waals surface area contributed by atoms with Crippen LogP contribution < -0.4 is 10.5 Å². The summed E-state index contributed by atoms with van der Waals surface area (Å²) in [6.07, 6.45) is 0. The Morgan fingerprint density at radius 1 is 1.32 bits per heavy atom. The summed E-state index contributed by atoms with van der Waals surface area (Å²) < 4.78 is 32.0. The van der Waals surface area contributed by atoms with Gasteiger partial charge < -0.3 is 10.5 Å². The number of methoxy groups -OCH3 is 1. The SMILES string of the molecule is COc1cc(F)cc(F)c1-c1nc(N)ccc1C#N.